The minimum Gasteiger partial charge on any atom is -0.478 e. The highest BCUT2D eigenvalue weighted by molar-refractivity contribution is 5.98. The van der Waals surface area contributed by atoms with Crippen LogP contribution in [0.5, 0.6) is 0 Å². The molecule has 0 atom stereocenters. The molecule has 3 N–H and O–H groups in total. The number of carboxylic acids is 2. The Morgan fingerprint density at radius 3 is 2.00 bits per heavy atom. The molecule has 25 heavy (non-hydrogen) atoms. The van der Waals surface area contributed by atoms with Crippen molar-refractivity contribution in [3.8, 4) is 11.3 Å². The highest BCUT2D eigenvalue weighted by Crippen LogP contribution is 2.40. The molecule has 6 nitrogen and oxygen atoms in total. The maximum absolute atomic E-state index is 11.7. The van der Waals surface area contributed by atoms with Gasteiger partial charge in [0.15, 0.2) is 0 Å². The van der Waals surface area contributed by atoms with Gasteiger partial charge in [0.05, 0.1) is 17.1 Å². The molecule has 0 aliphatic carbocycles. The van der Waals surface area contributed by atoms with Crippen molar-refractivity contribution in [2.45, 2.75) is 19.8 Å². The molecule has 1 aliphatic heterocycles. The van der Waals surface area contributed by atoms with Gasteiger partial charge in [0.2, 0.25) is 0 Å². The van der Waals surface area contributed by atoms with Crippen molar-refractivity contribution in [1.82, 2.24) is 5.32 Å². The summed E-state index contributed by atoms with van der Waals surface area (Å²) in [5.74, 6) is -2.50. The van der Waals surface area contributed by atoms with Crippen LogP contribution in [-0.4, -0.2) is 22.2 Å². The second kappa shape index (κ2) is 6.32. The first-order valence-electron chi connectivity index (χ1n) is 7.70. The molecule has 0 unspecified atom stereocenters. The van der Waals surface area contributed by atoms with Crippen LogP contribution in [-0.2, 0) is 9.59 Å². The number of furan rings is 1. The number of aliphatic carboxylic acids is 2. The number of benzene rings is 1. The summed E-state index contributed by atoms with van der Waals surface area (Å²) < 4.78 is 5.84. The summed E-state index contributed by atoms with van der Waals surface area (Å²) >= 11 is 0. The van der Waals surface area contributed by atoms with Crippen molar-refractivity contribution in [2.24, 2.45) is 0 Å². The van der Waals surface area contributed by atoms with Crippen molar-refractivity contribution >= 4 is 11.9 Å². The largest absolute Gasteiger partial charge is 0.478 e. The Balaban J connectivity index is 2.14. The summed E-state index contributed by atoms with van der Waals surface area (Å²) in [6.07, 6.45) is 0. The topological polar surface area (TPSA) is 99.8 Å². The molecule has 128 valence electrons. The third kappa shape index (κ3) is 2.94. The van der Waals surface area contributed by atoms with E-state index in [4.69, 9.17) is 4.42 Å². The number of hydrogen-bond donors (Lipinski definition) is 3. The summed E-state index contributed by atoms with van der Waals surface area (Å²) in [6.45, 7) is 3.22. The number of dihydropyridines is 1. The zero-order chi connectivity index (χ0) is 18.1. The molecule has 2 aromatic rings. The molecule has 0 saturated carbocycles. The second-order valence-corrected chi connectivity index (χ2v) is 5.81. The van der Waals surface area contributed by atoms with Crippen LogP contribution in [0.2, 0.25) is 0 Å². The Kier molecular flexibility index (Phi) is 4.19. The smallest absolute Gasteiger partial charge is 0.334 e. The van der Waals surface area contributed by atoms with E-state index in [9.17, 15) is 19.8 Å². The number of hydrogen-bond acceptors (Lipinski definition) is 4. The third-order valence-corrected chi connectivity index (χ3v) is 4.19. The fourth-order valence-corrected chi connectivity index (χ4v) is 3.11. The zero-order valence-corrected chi connectivity index (χ0v) is 13.7. The lowest BCUT2D eigenvalue weighted by Gasteiger charge is -2.27. The Labute approximate surface area is 144 Å². The van der Waals surface area contributed by atoms with Gasteiger partial charge in [-0.2, -0.15) is 0 Å². The standard InChI is InChI=1S/C19H17NO5/c1-10-15(18(21)22)17(16(19(23)24)11(2)20-10)14-9-8-13(25-14)12-6-4-3-5-7-12/h3-9,17,20H,1-2H3,(H,21,22)(H,23,24). The van der Waals surface area contributed by atoms with E-state index in [2.05, 4.69) is 5.32 Å². The van der Waals surface area contributed by atoms with E-state index in [1.165, 1.54) is 0 Å². The van der Waals surface area contributed by atoms with Crippen LogP contribution in [0.3, 0.4) is 0 Å². The summed E-state index contributed by atoms with van der Waals surface area (Å²) in [4.78, 5) is 23.5. The lowest BCUT2D eigenvalue weighted by atomic mass is 9.84. The Hall–Kier alpha value is -3.28. The molecule has 3 rings (SSSR count). The molecule has 0 spiro atoms. The Morgan fingerprint density at radius 1 is 0.920 bits per heavy atom. The van der Waals surface area contributed by atoms with Gasteiger partial charge in [0.25, 0.3) is 0 Å². The Morgan fingerprint density at radius 2 is 1.48 bits per heavy atom. The van der Waals surface area contributed by atoms with Crippen molar-refractivity contribution in [1.29, 1.82) is 0 Å². The highest BCUT2D eigenvalue weighted by Gasteiger charge is 2.38. The van der Waals surface area contributed by atoms with Gasteiger partial charge >= 0.3 is 11.9 Å². The van der Waals surface area contributed by atoms with Crippen molar-refractivity contribution in [2.75, 3.05) is 0 Å². The lowest BCUT2D eigenvalue weighted by Crippen LogP contribution is -2.30. The molecule has 0 radical (unpaired) electrons. The molecule has 1 aliphatic rings. The molecule has 1 aromatic carbocycles. The minimum absolute atomic E-state index is 0.0306. The van der Waals surface area contributed by atoms with E-state index < -0.39 is 17.9 Å². The number of rotatable bonds is 4. The van der Waals surface area contributed by atoms with E-state index in [0.717, 1.165) is 5.56 Å². The number of nitrogens with one attached hydrogen (secondary N) is 1. The normalized spacial score (nSPS) is 15.3. The van der Waals surface area contributed by atoms with Gasteiger partial charge in [0.1, 0.15) is 11.5 Å². The first kappa shape index (κ1) is 16.6. The van der Waals surface area contributed by atoms with Crippen LogP contribution < -0.4 is 5.32 Å². The predicted molar refractivity (Wildman–Crippen MR) is 90.7 cm³/mol. The minimum atomic E-state index is -1.18. The SMILES string of the molecule is CC1=C(C(=O)O)C(c2ccc(-c3ccccc3)o2)C(C(=O)O)=C(C)N1. The molecule has 0 amide bonds. The van der Waals surface area contributed by atoms with E-state index in [1.54, 1.807) is 26.0 Å². The average molecular weight is 339 g/mol. The number of allylic oxidation sites excluding steroid dienone is 2. The van der Waals surface area contributed by atoms with Gasteiger partial charge in [-0.1, -0.05) is 30.3 Å². The second-order valence-electron chi connectivity index (χ2n) is 5.81. The van der Waals surface area contributed by atoms with Gasteiger partial charge in [-0.25, -0.2) is 9.59 Å². The summed E-state index contributed by atoms with van der Waals surface area (Å²) in [5.41, 5.74) is 1.57. The van der Waals surface area contributed by atoms with Crippen LogP contribution in [0.1, 0.15) is 25.5 Å². The molecule has 0 bridgehead atoms. The molecule has 6 heteroatoms. The summed E-state index contributed by atoms with van der Waals surface area (Å²) in [6, 6.07) is 12.7. The van der Waals surface area contributed by atoms with Gasteiger partial charge < -0.3 is 19.9 Å². The zero-order valence-electron chi connectivity index (χ0n) is 13.7. The van der Waals surface area contributed by atoms with Gasteiger partial charge in [-0.05, 0) is 26.0 Å². The molecule has 2 heterocycles. The third-order valence-electron chi connectivity index (χ3n) is 4.19. The van der Waals surface area contributed by atoms with Crippen LogP contribution in [0, 0.1) is 0 Å². The van der Waals surface area contributed by atoms with Crippen LogP contribution in [0.15, 0.2) is 69.4 Å². The van der Waals surface area contributed by atoms with Crippen molar-refractivity contribution in [3.05, 3.63) is 70.8 Å². The van der Waals surface area contributed by atoms with Gasteiger partial charge in [0, 0.05) is 17.0 Å². The monoisotopic (exact) mass is 339 g/mol. The van der Waals surface area contributed by atoms with E-state index in [1.807, 2.05) is 30.3 Å². The molecular weight excluding hydrogens is 322 g/mol. The summed E-state index contributed by atoms with van der Waals surface area (Å²) in [5, 5.41) is 22.0. The number of carboxylic acid groups (broad SMARTS) is 2. The number of carbonyl (C=O) groups is 2. The Bertz CT molecular complexity index is 869. The maximum atomic E-state index is 11.7. The first-order valence-corrected chi connectivity index (χ1v) is 7.70. The van der Waals surface area contributed by atoms with Crippen molar-refractivity contribution in [3.63, 3.8) is 0 Å². The quantitative estimate of drug-likeness (QED) is 0.790. The van der Waals surface area contributed by atoms with E-state index in [-0.39, 0.29) is 16.9 Å². The van der Waals surface area contributed by atoms with Gasteiger partial charge in [-0.15, -0.1) is 0 Å². The molecular formula is C19H17NO5. The van der Waals surface area contributed by atoms with Crippen LogP contribution >= 0.6 is 0 Å². The first-order chi connectivity index (χ1) is 11.9. The average Bonchev–Trinajstić information content (AvgIpc) is 3.03. The molecule has 0 saturated heterocycles. The highest BCUT2D eigenvalue weighted by atomic mass is 16.4. The van der Waals surface area contributed by atoms with Crippen molar-refractivity contribution < 1.29 is 24.2 Å². The van der Waals surface area contributed by atoms with Crippen LogP contribution in [0.25, 0.3) is 11.3 Å². The molecule has 1 aromatic heterocycles. The summed E-state index contributed by atoms with van der Waals surface area (Å²) in [7, 11) is 0. The lowest BCUT2D eigenvalue weighted by molar-refractivity contribution is -0.133. The van der Waals surface area contributed by atoms with Crippen LogP contribution in [0.4, 0.5) is 0 Å². The maximum Gasteiger partial charge on any atom is 0.334 e. The molecule has 0 fully saturated rings. The van der Waals surface area contributed by atoms with Gasteiger partial charge in [-0.3, -0.25) is 0 Å². The predicted octanol–water partition coefficient (Wildman–Crippen LogP) is 3.35. The fraction of sp³-hybridized carbons (Fsp3) is 0.158. The fourth-order valence-electron chi connectivity index (χ4n) is 3.11. The van der Waals surface area contributed by atoms with E-state index in [0.29, 0.717) is 17.2 Å². The van der Waals surface area contributed by atoms with E-state index >= 15 is 0 Å².